The van der Waals surface area contributed by atoms with Crippen LogP contribution in [0.4, 0.5) is 0 Å². The van der Waals surface area contributed by atoms with E-state index in [1.807, 2.05) is 12.2 Å². The molecule has 1 aliphatic rings. The van der Waals surface area contributed by atoms with E-state index in [4.69, 9.17) is 5.11 Å². The Morgan fingerprint density at radius 1 is 1.50 bits per heavy atom. The van der Waals surface area contributed by atoms with Gasteiger partial charge in [0.15, 0.2) is 0 Å². The van der Waals surface area contributed by atoms with Gasteiger partial charge in [0.25, 0.3) is 0 Å². The molecule has 0 saturated heterocycles. The highest BCUT2D eigenvalue weighted by Gasteiger charge is 2.11. The molecule has 2 nitrogen and oxygen atoms in total. The van der Waals surface area contributed by atoms with E-state index in [2.05, 4.69) is 24.1 Å². The van der Waals surface area contributed by atoms with Crippen molar-refractivity contribution in [1.29, 1.82) is 0 Å². The molecule has 0 spiro atoms. The summed E-state index contributed by atoms with van der Waals surface area (Å²) in [5, 5.41) is 8.85. The average molecular weight is 219 g/mol. The number of hydrogen-bond donors (Lipinski definition) is 1. The third-order valence-electron chi connectivity index (χ3n) is 2.82. The lowest BCUT2D eigenvalue weighted by molar-refractivity contribution is 0.284. The average Bonchev–Trinajstić information content (AvgIpc) is 2.31. The quantitative estimate of drug-likeness (QED) is 0.547. The lowest BCUT2D eigenvalue weighted by Crippen LogP contribution is -2.30. The first-order valence-corrected chi connectivity index (χ1v) is 5.75. The summed E-state index contributed by atoms with van der Waals surface area (Å²) in [6, 6.07) is 0. The van der Waals surface area contributed by atoms with Gasteiger partial charge in [-0.1, -0.05) is 43.0 Å². The molecule has 2 heteroatoms. The second kappa shape index (κ2) is 7.20. The van der Waals surface area contributed by atoms with Gasteiger partial charge in [-0.05, 0) is 18.4 Å². The molecular weight excluding hydrogens is 198 g/mol. The van der Waals surface area contributed by atoms with Crippen LogP contribution >= 0.6 is 0 Å². The lowest BCUT2D eigenvalue weighted by atomic mass is 10.0. The van der Waals surface area contributed by atoms with Crippen molar-refractivity contribution in [1.82, 2.24) is 4.90 Å². The van der Waals surface area contributed by atoms with Crippen molar-refractivity contribution in [2.75, 3.05) is 26.2 Å². The van der Waals surface area contributed by atoms with Gasteiger partial charge in [-0.25, -0.2) is 0 Å². The third-order valence-corrected chi connectivity index (χ3v) is 2.82. The Morgan fingerprint density at radius 3 is 2.81 bits per heavy atom. The van der Waals surface area contributed by atoms with Crippen LogP contribution in [0.1, 0.15) is 12.8 Å². The largest absolute Gasteiger partial charge is 0.396 e. The predicted molar refractivity (Wildman–Crippen MR) is 69.3 cm³/mol. The first-order chi connectivity index (χ1) is 7.80. The molecule has 0 aromatic carbocycles. The van der Waals surface area contributed by atoms with E-state index in [1.165, 1.54) is 11.1 Å². The molecule has 0 aromatic heterocycles. The van der Waals surface area contributed by atoms with Gasteiger partial charge in [0.1, 0.15) is 0 Å². The standard InChI is InChI=1S/C14H21NO/c1-3-5-13(4-2)12-15-9-6-14(7-10-15)8-11-16/h3-6,16H,1-2,7-12H2/b13-5+. The molecule has 0 bridgehead atoms. The van der Waals surface area contributed by atoms with E-state index >= 15 is 0 Å². The van der Waals surface area contributed by atoms with Gasteiger partial charge in [-0.2, -0.15) is 0 Å². The van der Waals surface area contributed by atoms with Crippen LogP contribution in [0.3, 0.4) is 0 Å². The van der Waals surface area contributed by atoms with Crippen LogP contribution in [0.15, 0.2) is 48.6 Å². The number of aliphatic hydroxyl groups is 1. The lowest BCUT2D eigenvalue weighted by Gasteiger charge is -2.26. The number of nitrogens with zero attached hydrogens (tertiary/aromatic N) is 1. The van der Waals surface area contributed by atoms with Crippen molar-refractivity contribution in [2.45, 2.75) is 12.8 Å². The smallest absolute Gasteiger partial charge is 0.0468 e. The minimum absolute atomic E-state index is 0.264. The van der Waals surface area contributed by atoms with E-state index < -0.39 is 0 Å². The zero-order chi connectivity index (χ0) is 11.8. The predicted octanol–water partition coefficient (Wildman–Crippen LogP) is 2.30. The molecule has 0 aliphatic carbocycles. The van der Waals surface area contributed by atoms with Crippen LogP contribution in [0.5, 0.6) is 0 Å². The fourth-order valence-corrected chi connectivity index (χ4v) is 1.86. The molecule has 88 valence electrons. The fourth-order valence-electron chi connectivity index (χ4n) is 1.86. The van der Waals surface area contributed by atoms with Crippen LogP contribution in [0.2, 0.25) is 0 Å². The summed E-state index contributed by atoms with van der Waals surface area (Å²) in [5.74, 6) is 0. The number of rotatable bonds is 6. The van der Waals surface area contributed by atoms with E-state index in [0.717, 1.165) is 32.5 Å². The molecule has 0 saturated carbocycles. The molecular formula is C14H21NO. The highest BCUT2D eigenvalue weighted by Crippen LogP contribution is 2.14. The van der Waals surface area contributed by atoms with Crippen LogP contribution in [-0.4, -0.2) is 36.2 Å². The van der Waals surface area contributed by atoms with Crippen LogP contribution in [0.25, 0.3) is 0 Å². The Kier molecular flexibility index (Phi) is 5.83. The van der Waals surface area contributed by atoms with Crippen molar-refractivity contribution in [3.05, 3.63) is 48.6 Å². The highest BCUT2D eigenvalue weighted by molar-refractivity contribution is 5.23. The molecule has 0 radical (unpaired) electrons. The Labute approximate surface area is 98.3 Å². The molecule has 0 unspecified atom stereocenters. The summed E-state index contributed by atoms with van der Waals surface area (Å²) in [5.41, 5.74) is 2.58. The second-order valence-corrected chi connectivity index (χ2v) is 4.00. The van der Waals surface area contributed by atoms with Crippen molar-refractivity contribution in [2.24, 2.45) is 0 Å². The first-order valence-electron chi connectivity index (χ1n) is 5.75. The van der Waals surface area contributed by atoms with E-state index in [9.17, 15) is 0 Å². The molecule has 0 aromatic rings. The van der Waals surface area contributed by atoms with Crippen molar-refractivity contribution in [3.8, 4) is 0 Å². The SMILES string of the molecule is C=C/C=C(\C=C)CN1CC=C(CCO)CC1. The molecule has 0 fully saturated rings. The number of aliphatic hydroxyl groups excluding tert-OH is 1. The normalized spacial score (nSPS) is 18.1. The summed E-state index contributed by atoms with van der Waals surface area (Å²) < 4.78 is 0. The number of allylic oxidation sites excluding steroid dienone is 2. The number of hydrogen-bond acceptors (Lipinski definition) is 2. The van der Waals surface area contributed by atoms with Gasteiger partial charge < -0.3 is 5.11 Å². The minimum Gasteiger partial charge on any atom is -0.396 e. The summed E-state index contributed by atoms with van der Waals surface area (Å²) in [7, 11) is 0. The zero-order valence-electron chi connectivity index (χ0n) is 9.86. The van der Waals surface area contributed by atoms with E-state index in [1.54, 1.807) is 6.08 Å². The topological polar surface area (TPSA) is 23.5 Å². The zero-order valence-corrected chi connectivity index (χ0v) is 9.86. The van der Waals surface area contributed by atoms with Crippen LogP contribution in [0, 0.1) is 0 Å². The Balaban J connectivity index is 2.45. The fraction of sp³-hybridized carbons (Fsp3) is 0.429. The van der Waals surface area contributed by atoms with Crippen LogP contribution < -0.4 is 0 Å². The summed E-state index contributed by atoms with van der Waals surface area (Å²) in [6.07, 6.45) is 9.81. The first kappa shape index (κ1) is 12.9. The maximum Gasteiger partial charge on any atom is 0.0468 e. The van der Waals surface area contributed by atoms with E-state index in [0.29, 0.717) is 0 Å². The maximum absolute atomic E-state index is 8.85. The minimum atomic E-state index is 0.264. The summed E-state index contributed by atoms with van der Waals surface area (Å²) >= 11 is 0. The molecule has 1 heterocycles. The van der Waals surface area contributed by atoms with Crippen LogP contribution in [-0.2, 0) is 0 Å². The second-order valence-electron chi connectivity index (χ2n) is 4.00. The molecule has 0 amide bonds. The highest BCUT2D eigenvalue weighted by atomic mass is 16.2. The Bertz CT molecular complexity index is 302. The van der Waals surface area contributed by atoms with Gasteiger partial charge >= 0.3 is 0 Å². The maximum atomic E-state index is 8.85. The van der Waals surface area contributed by atoms with Crippen molar-refractivity contribution >= 4 is 0 Å². The van der Waals surface area contributed by atoms with Gasteiger partial charge in [0.2, 0.25) is 0 Å². The van der Waals surface area contributed by atoms with Gasteiger partial charge in [-0.15, -0.1) is 0 Å². The monoisotopic (exact) mass is 219 g/mol. The summed E-state index contributed by atoms with van der Waals surface area (Å²) in [6.45, 7) is 10.7. The molecule has 0 atom stereocenters. The van der Waals surface area contributed by atoms with Gasteiger partial charge in [0.05, 0.1) is 0 Å². The molecule has 16 heavy (non-hydrogen) atoms. The van der Waals surface area contributed by atoms with Crippen molar-refractivity contribution in [3.63, 3.8) is 0 Å². The molecule has 1 rings (SSSR count). The Hall–Kier alpha value is -1.12. The van der Waals surface area contributed by atoms with Crippen molar-refractivity contribution < 1.29 is 5.11 Å². The van der Waals surface area contributed by atoms with Gasteiger partial charge in [-0.3, -0.25) is 4.90 Å². The molecule has 1 aliphatic heterocycles. The summed E-state index contributed by atoms with van der Waals surface area (Å²) in [4.78, 5) is 2.37. The molecule has 1 N–H and O–H groups in total. The third kappa shape index (κ3) is 4.17. The Morgan fingerprint density at radius 2 is 2.31 bits per heavy atom. The van der Waals surface area contributed by atoms with E-state index in [-0.39, 0.29) is 6.61 Å². The van der Waals surface area contributed by atoms with Gasteiger partial charge in [0, 0.05) is 26.2 Å².